The van der Waals surface area contributed by atoms with Gasteiger partial charge in [-0.25, -0.2) is 0 Å². The van der Waals surface area contributed by atoms with Crippen LogP contribution in [0, 0.1) is 23.7 Å². The highest BCUT2D eigenvalue weighted by Gasteiger charge is 2.34. The Morgan fingerprint density at radius 1 is 1.22 bits per heavy atom. The molecule has 3 nitrogen and oxygen atoms in total. The van der Waals surface area contributed by atoms with Crippen molar-refractivity contribution in [3.05, 3.63) is 12.2 Å². The fraction of sp³-hybridized carbons (Fsp3) is 0.750. The first kappa shape index (κ1) is 19.8. The van der Waals surface area contributed by atoms with Crippen LogP contribution in [0.2, 0.25) is 0 Å². The Labute approximate surface area is 141 Å². The topological polar surface area (TPSA) is 57.5 Å². The summed E-state index contributed by atoms with van der Waals surface area (Å²) in [4.78, 5) is 10.4. The van der Waals surface area contributed by atoms with Crippen LogP contribution in [-0.2, 0) is 4.79 Å². The second-order valence-corrected chi connectivity index (χ2v) is 6.68. The molecule has 0 bridgehead atoms. The standard InChI is InChI=1S/C20H32O3/c1-2-3-6-13-19(21)14-8-5-4-7-11-17-16-18(17)12-9-10-15-20(22)23/h4-5,17-19,21H,2-3,6-7,9-13,15-16H2,1H3,(H,22,23)/b5-4-/t17-,18+,19?/m0/s1. The second-order valence-electron chi connectivity index (χ2n) is 6.68. The summed E-state index contributed by atoms with van der Waals surface area (Å²) < 4.78 is 0. The number of unbranched alkanes of at least 4 members (excludes halogenated alkanes) is 3. The molecule has 23 heavy (non-hydrogen) atoms. The van der Waals surface area contributed by atoms with Gasteiger partial charge in [0.2, 0.25) is 0 Å². The molecule has 0 saturated heterocycles. The number of aliphatic hydroxyl groups excluding tert-OH is 1. The fourth-order valence-corrected chi connectivity index (χ4v) is 2.96. The van der Waals surface area contributed by atoms with E-state index in [2.05, 4.69) is 24.8 Å². The first-order valence-electron chi connectivity index (χ1n) is 9.19. The molecular formula is C20H32O3. The van der Waals surface area contributed by atoms with E-state index in [1.807, 2.05) is 6.08 Å². The molecule has 1 aliphatic rings. The zero-order valence-electron chi connectivity index (χ0n) is 14.5. The number of hydrogen-bond donors (Lipinski definition) is 2. The van der Waals surface area contributed by atoms with E-state index in [9.17, 15) is 9.90 Å². The summed E-state index contributed by atoms with van der Waals surface area (Å²) in [6.07, 6.45) is 14.6. The molecule has 0 aliphatic heterocycles. The van der Waals surface area contributed by atoms with Gasteiger partial charge in [-0.05, 0) is 56.4 Å². The number of carboxylic acid groups (broad SMARTS) is 1. The number of allylic oxidation sites excluding steroid dienone is 2. The highest BCUT2D eigenvalue weighted by atomic mass is 16.4. The van der Waals surface area contributed by atoms with Crippen LogP contribution in [-0.4, -0.2) is 22.3 Å². The number of carboxylic acids is 1. The van der Waals surface area contributed by atoms with E-state index >= 15 is 0 Å². The molecular weight excluding hydrogens is 288 g/mol. The summed E-state index contributed by atoms with van der Waals surface area (Å²) in [7, 11) is 0. The van der Waals surface area contributed by atoms with Gasteiger partial charge in [0.05, 0.1) is 0 Å². The average Bonchev–Trinajstić information content (AvgIpc) is 3.26. The summed E-state index contributed by atoms with van der Waals surface area (Å²) in [5, 5.41) is 18.2. The van der Waals surface area contributed by atoms with Gasteiger partial charge in [-0.2, -0.15) is 0 Å². The maximum absolute atomic E-state index is 10.4. The highest BCUT2D eigenvalue weighted by Crippen LogP contribution is 2.45. The Balaban J connectivity index is 1.98. The Morgan fingerprint density at radius 3 is 2.74 bits per heavy atom. The van der Waals surface area contributed by atoms with Crippen LogP contribution in [0.5, 0.6) is 0 Å². The van der Waals surface area contributed by atoms with Gasteiger partial charge in [-0.1, -0.05) is 50.5 Å². The van der Waals surface area contributed by atoms with E-state index in [1.54, 1.807) is 0 Å². The number of rotatable bonds is 12. The van der Waals surface area contributed by atoms with Crippen molar-refractivity contribution in [3.63, 3.8) is 0 Å². The van der Waals surface area contributed by atoms with Gasteiger partial charge in [0, 0.05) is 6.42 Å². The molecule has 1 rings (SSSR count). The summed E-state index contributed by atoms with van der Waals surface area (Å²) in [5.74, 6) is 6.77. The molecule has 0 aromatic rings. The molecule has 0 spiro atoms. The van der Waals surface area contributed by atoms with Crippen LogP contribution in [0.1, 0.15) is 77.6 Å². The van der Waals surface area contributed by atoms with E-state index in [0.29, 0.717) is 6.42 Å². The van der Waals surface area contributed by atoms with Crippen molar-refractivity contribution in [1.82, 2.24) is 0 Å². The van der Waals surface area contributed by atoms with Crippen LogP contribution >= 0.6 is 0 Å². The normalized spacial score (nSPS) is 21.0. The largest absolute Gasteiger partial charge is 0.481 e. The van der Waals surface area contributed by atoms with E-state index in [4.69, 9.17) is 5.11 Å². The lowest BCUT2D eigenvalue weighted by Crippen LogP contribution is -2.01. The Morgan fingerprint density at radius 2 is 2.00 bits per heavy atom. The molecule has 0 amide bonds. The molecule has 0 aromatic heterocycles. The van der Waals surface area contributed by atoms with Crippen LogP contribution in [0.3, 0.4) is 0 Å². The fourth-order valence-electron chi connectivity index (χ4n) is 2.96. The van der Waals surface area contributed by atoms with Crippen molar-refractivity contribution in [2.75, 3.05) is 0 Å². The quantitative estimate of drug-likeness (QED) is 0.410. The number of hydrogen-bond acceptors (Lipinski definition) is 2. The van der Waals surface area contributed by atoms with Gasteiger partial charge >= 0.3 is 5.97 Å². The van der Waals surface area contributed by atoms with Crippen molar-refractivity contribution >= 4 is 5.97 Å². The molecule has 0 radical (unpaired) electrons. The zero-order chi connectivity index (χ0) is 16.9. The third-order valence-corrected chi connectivity index (χ3v) is 4.52. The lowest BCUT2D eigenvalue weighted by Gasteiger charge is -2.00. The van der Waals surface area contributed by atoms with Crippen molar-refractivity contribution in [1.29, 1.82) is 0 Å². The van der Waals surface area contributed by atoms with Crippen molar-refractivity contribution in [2.24, 2.45) is 11.8 Å². The predicted molar refractivity (Wildman–Crippen MR) is 94.0 cm³/mol. The van der Waals surface area contributed by atoms with Gasteiger partial charge < -0.3 is 10.2 Å². The molecule has 1 fully saturated rings. The Hall–Kier alpha value is -1.27. The summed E-state index contributed by atoms with van der Waals surface area (Å²) in [5.41, 5.74) is 0. The van der Waals surface area contributed by atoms with Crippen molar-refractivity contribution < 1.29 is 15.0 Å². The average molecular weight is 320 g/mol. The van der Waals surface area contributed by atoms with E-state index < -0.39 is 12.1 Å². The summed E-state index contributed by atoms with van der Waals surface area (Å²) in [6, 6.07) is 0. The van der Waals surface area contributed by atoms with Crippen molar-refractivity contribution in [2.45, 2.75) is 83.7 Å². The minimum Gasteiger partial charge on any atom is -0.481 e. The third kappa shape index (κ3) is 11.0. The molecule has 1 unspecified atom stereocenters. The molecule has 3 atom stereocenters. The number of aliphatic hydroxyl groups is 1. The maximum atomic E-state index is 10.4. The zero-order valence-corrected chi connectivity index (χ0v) is 14.5. The molecule has 0 heterocycles. The van der Waals surface area contributed by atoms with E-state index in [0.717, 1.165) is 50.4 Å². The molecule has 130 valence electrons. The lowest BCUT2D eigenvalue weighted by atomic mass is 10.1. The second kappa shape index (κ2) is 12.2. The first-order chi connectivity index (χ1) is 11.1. The molecule has 2 N–H and O–H groups in total. The molecule has 3 heteroatoms. The van der Waals surface area contributed by atoms with Crippen molar-refractivity contribution in [3.8, 4) is 11.8 Å². The Kier molecular flexibility index (Phi) is 10.5. The minimum absolute atomic E-state index is 0.309. The monoisotopic (exact) mass is 320 g/mol. The summed E-state index contributed by atoms with van der Waals surface area (Å²) in [6.45, 7) is 2.15. The van der Waals surface area contributed by atoms with Crippen LogP contribution in [0.15, 0.2) is 12.2 Å². The molecule has 1 saturated carbocycles. The first-order valence-corrected chi connectivity index (χ1v) is 9.19. The van der Waals surface area contributed by atoms with Gasteiger partial charge in [0.15, 0.2) is 0 Å². The van der Waals surface area contributed by atoms with Gasteiger partial charge in [-0.15, -0.1) is 0 Å². The van der Waals surface area contributed by atoms with Gasteiger partial charge in [-0.3, -0.25) is 4.79 Å². The van der Waals surface area contributed by atoms with Crippen LogP contribution in [0.25, 0.3) is 0 Å². The SMILES string of the molecule is CCCCCC(O)C#C/C=C\CC[C@H]1C[C@H]1CCCCC(=O)O. The highest BCUT2D eigenvalue weighted by molar-refractivity contribution is 5.66. The lowest BCUT2D eigenvalue weighted by molar-refractivity contribution is -0.137. The maximum Gasteiger partial charge on any atom is 0.303 e. The van der Waals surface area contributed by atoms with E-state index in [-0.39, 0.29) is 0 Å². The third-order valence-electron chi connectivity index (χ3n) is 4.52. The molecule has 1 aliphatic carbocycles. The number of aliphatic carboxylic acids is 1. The molecule has 0 aromatic carbocycles. The predicted octanol–water partition coefficient (Wildman–Crippen LogP) is 4.55. The number of carbonyl (C=O) groups is 1. The van der Waals surface area contributed by atoms with Crippen LogP contribution < -0.4 is 0 Å². The smallest absolute Gasteiger partial charge is 0.303 e. The van der Waals surface area contributed by atoms with Gasteiger partial charge in [0.25, 0.3) is 0 Å². The minimum atomic E-state index is -0.681. The Bertz CT molecular complexity index is 416. The van der Waals surface area contributed by atoms with Crippen LogP contribution in [0.4, 0.5) is 0 Å². The van der Waals surface area contributed by atoms with E-state index in [1.165, 1.54) is 25.7 Å². The van der Waals surface area contributed by atoms with Gasteiger partial charge in [0.1, 0.15) is 6.10 Å². The summed E-state index contributed by atoms with van der Waals surface area (Å²) >= 11 is 0.